The second kappa shape index (κ2) is 15.2. The van der Waals surface area contributed by atoms with Gasteiger partial charge in [0.1, 0.15) is 5.56 Å². The molecule has 43 heavy (non-hydrogen) atoms. The lowest BCUT2D eigenvalue weighted by Gasteiger charge is -2.31. The molecule has 12 nitrogen and oxygen atoms in total. The van der Waals surface area contributed by atoms with Crippen molar-refractivity contribution in [2.45, 2.75) is 44.9 Å². The Hall–Kier alpha value is -2.88. The normalized spacial score (nSPS) is 12.8. The Morgan fingerprint density at radius 1 is 0.698 bits per heavy atom. The summed E-state index contributed by atoms with van der Waals surface area (Å²) in [6.07, 6.45) is 0. The van der Waals surface area contributed by atoms with Crippen molar-refractivity contribution in [2.24, 2.45) is 0 Å². The van der Waals surface area contributed by atoms with Gasteiger partial charge in [0.2, 0.25) is 0 Å². The predicted octanol–water partition coefficient (Wildman–Crippen LogP) is 8.46. The van der Waals surface area contributed by atoms with Crippen molar-refractivity contribution in [3.05, 3.63) is 79.9 Å². The van der Waals surface area contributed by atoms with Gasteiger partial charge in [-0.2, -0.15) is 26.3 Å². The fourth-order valence-corrected chi connectivity index (χ4v) is 6.35. The van der Waals surface area contributed by atoms with Gasteiger partial charge in [0.05, 0.1) is 36.3 Å². The lowest BCUT2D eigenvalue weighted by molar-refractivity contribution is -0.387. The Morgan fingerprint density at radius 3 is 1.60 bits per heavy atom. The first-order chi connectivity index (χ1) is 19.8. The second-order valence-electron chi connectivity index (χ2n) is 7.90. The lowest BCUT2D eigenvalue weighted by Crippen LogP contribution is -2.39. The van der Waals surface area contributed by atoms with E-state index < -0.39 is 78.0 Å². The number of halogens is 6. The van der Waals surface area contributed by atoms with E-state index in [-0.39, 0.29) is 13.2 Å². The van der Waals surface area contributed by atoms with Crippen molar-refractivity contribution in [3.63, 3.8) is 0 Å². The SMILES string of the molecule is CCOP(=O)(OCC)C(F)(F)C(F)(F)c1ccccc1[N+](=O)[O-].CCOP(=O)(OCC)C(F)(F)c1cccc([N+](=O)[O-])c1. The van der Waals surface area contributed by atoms with Crippen LogP contribution in [0.4, 0.5) is 37.7 Å². The molecule has 0 heterocycles. The number of para-hydroxylation sites is 1. The second-order valence-corrected chi connectivity index (χ2v) is 12.1. The van der Waals surface area contributed by atoms with Crippen LogP contribution in [0, 0.1) is 20.2 Å². The van der Waals surface area contributed by atoms with Gasteiger partial charge >= 0.3 is 32.4 Å². The third kappa shape index (κ3) is 8.19. The molecular weight excluding hydrogens is 640 g/mol. The zero-order chi connectivity index (χ0) is 33.3. The molecule has 0 fully saturated rings. The monoisotopic (exact) mass is 668 g/mol. The van der Waals surface area contributed by atoms with E-state index in [0.717, 1.165) is 30.3 Å². The first-order valence-corrected chi connectivity index (χ1v) is 15.3. The largest absolute Gasteiger partial charge is 0.412 e. The smallest absolute Gasteiger partial charge is 0.305 e. The summed E-state index contributed by atoms with van der Waals surface area (Å²) in [5.41, 5.74) is -13.4. The number of hydrogen-bond donors (Lipinski definition) is 0. The molecule has 0 radical (unpaired) electrons. The predicted molar refractivity (Wildman–Crippen MR) is 141 cm³/mol. The Labute approximate surface area is 241 Å². The van der Waals surface area contributed by atoms with Gasteiger partial charge in [0.15, 0.2) is 0 Å². The minimum absolute atomic E-state index is 0.234. The zero-order valence-corrected chi connectivity index (χ0v) is 24.9. The minimum atomic E-state index is -5.57. The van der Waals surface area contributed by atoms with E-state index in [1.165, 1.54) is 27.7 Å². The summed E-state index contributed by atoms with van der Waals surface area (Å²) < 4.78 is 128. The van der Waals surface area contributed by atoms with Crippen LogP contribution >= 0.6 is 15.2 Å². The number of non-ortho nitro benzene ring substituents is 1. The fraction of sp³-hybridized carbons (Fsp3) is 0.478. The summed E-state index contributed by atoms with van der Waals surface area (Å²) in [7, 11) is -10.3. The number of nitrogens with zero attached hydrogens (tertiary/aromatic N) is 2. The van der Waals surface area contributed by atoms with Crippen LogP contribution in [0.1, 0.15) is 38.8 Å². The molecule has 0 unspecified atom stereocenters. The molecule has 0 aliphatic carbocycles. The Kier molecular flexibility index (Phi) is 13.5. The van der Waals surface area contributed by atoms with Crippen LogP contribution in [-0.2, 0) is 38.8 Å². The molecule has 0 N–H and O–H groups in total. The summed E-state index contributed by atoms with van der Waals surface area (Å²) in [4.78, 5) is 19.4. The van der Waals surface area contributed by atoms with E-state index in [1.54, 1.807) is 0 Å². The maximum absolute atomic E-state index is 14.3. The summed E-state index contributed by atoms with van der Waals surface area (Å²) in [6, 6.07) is 6.83. The number of nitro groups is 2. The van der Waals surface area contributed by atoms with Crippen molar-refractivity contribution >= 4 is 26.6 Å². The molecule has 0 aromatic heterocycles. The van der Waals surface area contributed by atoms with E-state index in [4.69, 9.17) is 0 Å². The highest BCUT2D eigenvalue weighted by molar-refractivity contribution is 7.55. The lowest BCUT2D eigenvalue weighted by atomic mass is 10.1. The topological polar surface area (TPSA) is 157 Å². The van der Waals surface area contributed by atoms with Gasteiger partial charge < -0.3 is 18.1 Å². The Balaban J connectivity index is 0.000000434. The van der Waals surface area contributed by atoms with Crippen molar-refractivity contribution in [1.29, 1.82) is 0 Å². The third-order valence-electron chi connectivity index (χ3n) is 5.11. The molecule has 2 aromatic carbocycles. The molecular formula is C23H28F6N2O10P2. The molecule has 2 rings (SSSR count). The number of hydrogen-bond acceptors (Lipinski definition) is 10. The molecule has 2 aromatic rings. The quantitative estimate of drug-likeness (QED) is 0.0780. The van der Waals surface area contributed by atoms with Crippen LogP contribution in [-0.4, -0.2) is 41.9 Å². The summed E-state index contributed by atoms with van der Waals surface area (Å²) >= 11 is 0. The standard InChI is InChI=1S/C12H14F4NO5P.C11H14F2NO5P/c1-3-21-23(20,22-4-2)12(15,16)11(13,14)9-7-5-6-8-10(9)17(18)19;1-3-18-20(17,19-4-2)11(12,13)9-6-5-7-10(8-9)14(15)16/h5-8H,3-4H2,1-2H3;5-8H,3-4H2,1-2H3. The highest BCUT2D eigenvalue weighted by Gasteiger charge is 2.72. The zero-order valence-electron chi connectivity index (χ0n) is 23.1. The molecule has 0 amide bonds. The Bertz CT molecular complexity index is 1350. The molecule has 20 heteroatoms. The van der Waals surface area contributed by atoms with Crippen LogP contribution in [0.2, 0.25) is 0 Å². The van der Waals surface area contributed by atoms with E-state index in [2.05, 4.69) is 18.1 Å². The molecule has 0 aliphatic rings. The molecule has 0 saturated heterocycles. The van der Waals surface area contributed by atoms with Gasteiger partial charge in [-0.1, -0.05) is 24.3 Å². The first kappa shape index (κ1) is 38.1. The summed E-state index contributed by atoms with van der Waals surface area (Å²) in [5, 5.41) is 21.4. The van der Waals surface area contributed by atoms with Gasteiger partial charge in [-0.25, -0.2) is 0 Å². The van der Waals surface area contributed by atoms with Crippen molar-refractivity contribution < 1.29 is 63.4 Å². The molecule has 0 spiro atoms. The Morgan fingerprint density at radius 2 is 1.16 bits per heavy atom. The third-order valence-corrected chi connectivity index (χ3v) is 9.41. The maximum Gasteiger partial charge on any atom is 0.412 e. The van der Waals surface area contributed by atoms with E-state index in [1.807, 2.05) is 0 Å². The van der Waals surface area contributed by atoms with Crippen molar-refractivity contribution in [3.8, 4) is 0 Å². The maximum atomic E-state index is 14.3. The number of benzene rings is 2. The van der Waals surface area contributed by atoms with Gasteiger partial charge in [-0.05, 0) is 33.8 Å². The van der Waals surface area contributed by atoms with Crippen LogP contribution in [0.15, 0.2) is 48.5 Å². The van der Waals surface area contributed by atoms with Crippen LogP contribution < -0.4 is 0 Å². The van der Waals surface area contributed by atoms with Crippen molar-refractivity contribution in [1.82, 2.24) is 0 Å². The highest BCUT2D eigenvalue weighted by atomic mass is 31.2. The van der Waals surface area contributed by atoms with Crippen LogP contribution in [0.25, 0.3) is 0 Å². The van der Waals surface area contributed by atoms with E-state index in [9.17, 15) is 55.7 Å². The minimum Gasteiger partial charge on any atom is -0.305 e. The molecule has 242 valence electrons. The summed E-state index contributed by atoms with van der Waals surface area (Å²) in [6.45, 7) is 3.53. The van der Waals surface area contributed by atoms with Crippen molar-refractivity contribution in [2.75, 3.05) is 26.4 Å². The van der Waals surface area contributed by atoms with Crippen LogP contribution in [0.5, 0.6) is 0 Å². The number of nitro benzene ring substituents is 2. The molecule has 0 bridgehead atoms. The van der Waals surface area contributed by atoms with Gasteiger partial charge in [-0.15, -0.1) is 0 Å². The average Bonchev–Trinajstić information content (AvgIpc) is 2.93. The van der Waals surface area contributed by atoms with Gasteiger partial charge in [-0.3, -0.25) is 29.4 Å². The summed E-state index contributed by atoms with van der Waals surface area (Å²) in [5.74, 6) is -5.14. The van der Waals surface area contributed by atoms with E-state index >= 15 is 0 Å². The number of rotatable bonds is 15. The molecule has 0 atom stereocenters. The van der Waals surface area contributed by atoms with E-state index in [0.29, 0.717) is 18.2 Å². The van der Waals surface area contributed by atoms with Gasteiger partial charge in [0.25, 0.3) is 11.4 Å². The fourth-order valence-electron chi connectivity index (χ4n) is 3.28. The van der Waals surface area contributed by atoms with Gasteiger partial charge in [0, 0.05) is 23.8 Å². The first-order valence-electron chi connectivity index (χ1n) is 12.2. The molecule has 0 aliphatic heterocycles. The average molecular weight is 668 g/mol. The molecule has 0 saturated carbocycles. The number of alkyl halides is 6. The van der Waals surface area contributed by atoms with Crippen LogP contribution in [0.3, 0.4) is 0 Å². The highest BCUT2D eigenvalue weighted by Crippen LogP contribution is 2.70.